The van der Waals surface area contributed by atoms with Crippen LogP contribution >= 0.6 is 0 Å². The van der Waals surface area contributed by atoms with Crippen LogP contribution < -0.4 is 4.90 Å². The van der Waals surface area contributed by atoms with Gasteiger partial charge < -0.3 is 0 Å². The molecule has 2 fully saturated rings. The highest BCUT2D eigenvalue weighted by molar-refractivity contribution is 6.03. The van der Waals surface area contributed by atoms with E-state index in [1.54, 1.807) is 18.2 Å². The Morgan fingerprint density at radius 1 is 1.27 bits per heavy atom. The highest BCUT2D eigenvalue weighted by atomic mass is 19.2. The topological polar surface area (TPSA) is 36.4 Å². The van der Waals surface area contributed by atoms with Crippen molar-refractivity contribution in [2.75, 3.05) is 31.1 Å². The number of carbonyl (C=O) groups excluding carboxylic acids is 1. The summed E-state index contributed by atoms with van der Waals surface area (Å²) >= 11 is 0. The molecule has 4 rings (SSSR count). The molecule has 3 heterocycles. The van der Waals surface area contributed by atoms with Gasteiger partial charge in [0, 0.05) is 25.8 Å². The minimum absolute atomic E-state index is 0.0372. The number of hydrogen-bond donors (Lipinski definition) is 0. The lowest BCUT2D eigenvalue weighted by atomic mass is 9.82. The molecule has 6 heteroatoms. The van der Waals surface area contributed by atoms with Crippen molar-refractivity contribution in [2.24, 2.45) is 11.8 Å². The van der Waals surface area contributed by atoms with Crippen molar-refractivity contribution in [2.45, 2.75) is 38.0 Å². The zero-order valence-electron chi connectivity index (χ0n) is 15.3. The maximum Gasteiger partial charge on any atom is 0.270 e. The SMILES string of the molecule is CC1=C[C@@H](C)[C@H](CN2C[C@]3(F)CN(c4ccccn4)C(=O)[C@]3(F)C2)CC1. The Labute approximate surface area is 152 Å². The van der Waals surface area contributed by atoms with E-state index in [0.29, 0.717) is 24.2 Å². The van der Waals surface area contributed by atoms with E-state index in [0.717, 1.165) is 17.7 Å². The van der Waals surface area contributed by atoms with Crippen molar-refractivity contribution < 1.29 is 13.6 Å². The molecule has 1 aromatic heterocycles. The summed E-state index contributed by atoms with van der Waals surface area (Å²) in [5, 5.41) is 0. The number of hydrogen-bond acceptors (Lipinski definition) is 3. The molecule has 0 radical (unpaired) electrons. The fourth-order valence-electron chi connectivity index (χ4n) is 4.72. The predicted molar refractivity (Wildman–Crippen MR) is 96.4 cm³/mol. The number of amides is 1. The summed E-state index contributed by atoms with van der Waals surface area (Å²) in [4.78, 5) is 19.7. The normalized spacial score (nSPS) is 37.8. The monoisotopic (exact) mass is 361 g/mol. The van der Waals surface area contributed by atoms with E-state index in [1.165, 1.54) is 11.8 Å². The summed E-state index contributed by atoms with van der Waals surface area (Å²) in [6.07, 6.45) is 5.86. The Balaban J connectivity index is 1.50. The third-order valence-corrected chi connectivity index (χ3v) is 6.24. The molecule has 0 aromatic carbocycles. The second-order valence-corrected chi connectivity index (χ2v) is 8.19. The fraction of sp³-hybridized carbons (Fsp3) is 0.600. The zero-order valence-corrected chi connectivity index (χ0v) is 15.3. The number of halogens is 2. The van der Waals surface area contributed by atoms with Crippen molar-refractivity contribution in [3.63, 3.8) is 0 Å². The van der Waals surface area contributed by atoms with Crippen molar-refractivity contribution in [3.8, 4) is 0 Å². The molecule has 4 atom stereocenters. The summed E-state index contributed by atoms with van der Waals surface area (Å²) in [7, 11) is 0. The van der Waals surface area contributed by atoms with Crippen LogP contribution in [0.25, 0.3) is 0 Å². The number of anilines is 1. The van der Waals surface area contributed by atoms with E-state index in [1.807, 2.05) is 4.90 Å². The Kier molecular flexibility index (Phi) is 4.14. The lowest BCUT2D eigenvalue weighted by molar-refractivity contribution is -0.130. The molecule has 0 saturated carbocycles. The molecular formula is C20H25F2N3O. The number of rotatable bonds is 3. The van der Waals surface area contributed by atoms with Gasteiger partial charge in [-0.05, 0) is 43.7 Å². The number of pyridine rings is 1. The van der Waals surface area contributed by atoms with Crippen molar-refractivity contribution >= 4 is 11.7 Å². The number of fused-ring (bicyclic) bond motifs is 1. The molecular weight excluding hydrogens is 336 g/mol. The predicted octanol–water partition coefficient (Wildman–Crippen LogP) is 3.15. The summed E-state index contributed by atoms with van der Waals surface area (Å²) in [5.41, 5.74) is -3.27. The molecule has 26 heavy (non-hydrogen) atoms. The lowest BCUT2D eigenvalue weighted by Gasteiger charge is -2.31. The Hall–Kier alpha value is -1.82. The van der Waals surface area contributed by atoms with Crippen LogP contribution in [0.2, 0.25) is 0 Å². The van der Waals surface area contributed by atoms with Gasteiger partial charge in [0.25, 0.3) is 5.91 Å². The summed E-state index contributed by atoms with van der Waals surface area (Å²) < 4.78 is 31.0. The minimum atomic E-state index is -2.48. The maximum atomic E-state index is 15.5. The Morgan fingerprint density at radius 2 is 2.08 bits per heavy atom. The summed E-state index contributed by atoms with van der Waals surface area (Å²) in [6.45, 7) is 4.45. The molecule has 4 nitrogen and oxygen atoms in total. The Bertz CT molecular complexity index is 740. The molecule has 0 spiro atoms. The van der Waals surface area contributed by atoms with Gasteiger partial charge in [0.15, 0.2) is 5.67 Å². The summed E-state index contributed by atoms with van der Waals surface area (Å²) in [6, 6.07) is 5.04. The third-order valence-electron chi connectivity index (χ3n) is 6.24. The molecule has 140 valence electrons. The van der Waals surface area contributed by atoms with Gasteiger partial charge in [0.1, 0.15) is 5.82 Å². The summed E-state index contributed by atoms with van der Waals surface area (Å²) in [5.74, 6) is 0.297. The van der Waals surface area contributed by atoms with Crippen LogP contribution in [0, 0.1) is 11.8 Å². The first-order chi connectivity index (χ1) is 12.3. The van der Waals surface area contributed by atoms with Crippen LogP contribution in [0.5, 0.6) is 0 Å². The van der Waals surface area contributed by atoms with Crippen LogP contribution in [0.3, 0.4) is 0 Å². The highest BCUT2D eigenvalue weighted by Crippen LogP contribution is 2.47. The van der Waals surface area contributed by atoms with E-state index in [2.05, 4.69) is 24.9 Å². The van der Waals surface area contributed by atoms with E-state index in [9.17, 15) is 4.79 Å². The second kappa shape index (κ2) is 6.12. The first kappa shape index (κ1) is 17.6. The van der Waals surface area contributed by atoms with Crippen LogP contribution in [-0.4, -0.2) is 53.3 Å². The first-order valence-corrected chi connectivity index (χ1v) is 9.33. The second-order valence-electron chi connectivity index (χ2n) is 8.19. The van der Waals surface area contributed by atoms with Crippen LogP contribution in [0.1, 0.15) is 26.7 Å². The number of likely N-dealkylation sites (tertiary alicyclic amines) is 1. The van der Waals surface area contributed by atoms with Crippen LogP contribution in [0.4, 0.5) is 14.6 Å². The number of carbonyl (C=O) groups is 1. The number of alkyl halides is 2. The fourth-order valence-corrected chi connectivity index (χ4v) is 4.72. The smallest absolute Gasteiger partial charge is 0.270 e. The lowest BCUT2D eigenvalue weighted by Crippen LogP contribution is -2.47. The molecule has 2 aliphatic heterocycles. The molecule has 2 saturated heterocycles. The molecule has 0 unspecified atom stereocenters. The molecule has 0 N–H and O–H groups in total. The number of nitrogens with zero attached hydrogens (tertiary/aromatic N) is 3. The van der Waals surface area contributed by atoms with Gasteiger partial charge in [0.05, 0.1) is 6.54 Å². The van der Waals surface area contributed by atoms with Crippen molar-refractivity contribution in [3.05, 3.63) is 36.0 Å². The van der Waals surface area contributed by atoms with Crippen molar-refractivity contribution in [1.29, 1.82) is 0 Å². The van der Waals surface area contributed by atoms with Gasteiger partial charge in [-0.3, -0.25) is 14.6 Å². The highest BCUT2D eigenvalue weighted by Gasteiger charge is 2.71. The van der Waals surface area contributed by atoms with Gasteiger partial charge in [-0.1, -0.05) is 24.6 Å². The largest absolute Gasteiger partial charge is 0.296 e. The van der Waals surface area contributed by atoms with E-state index < -0.39 is 17.2 Å². The Morgan fingerprint density at radius 3 is 2.73 bits per heavy atom. The number of allylic oxidation sites excluding steroid dienone is 2. The zero-order chi connectivity index (χ0) is 18.5. The van der Waals surface area contributed by atoms with Gasteiger partial charge in [-0.2, -0.15) is 0 Å². The van der Waals surface area contributed by atoms with Crippen molar-refractivity contribution in [1.82, 2.24) is 9.88 Å². The van der Waals surface area contributed by atoms with Gasteiger partial charge >= 0.3 is 0 Å². The average Bonchev–Trinajstić information content (AvgIpc) is 2.96. The third kappa shape index (κ3) is 2.66. The van der Waals surface area contributed by atoms with E-state index >= 15 is 8.78 Å². The van der Waals surface area contributed by atoms with Crippen LogP contribution in [0.15, 0.2) is 36.0 Å². The van der Waals surface area contributed by atoms with Crippen LogP contribution in [-0.2, 0) is 4.79 Å². The van der Waals surface area contributed by atoms with E-state index in [4.69, 9.17) is 0 Å². The van der Waals surface area contributed by atoms with Gasteiger partial charge in [-0.15, -0.1) is 0 Å². The first-order valence-electron chi connectivity index (χ1n) is 9.33. The molecule has 1 aliphatic carbocycles. The van der Waals surface area contributed by atoms with Gasteiger partial charge in [-0.25, -0.2) is 13.8 Å². The number of aromatic nitrogens is 1. The standard InChI is InChI=1S/C20H25F2N3O/c1-14-6-7-16(15(2)9-14)10-24-11-19(21)12-25(17-5-3-4-8-23-17)18(26)20(19,22)13-24/h3-5,8-9,15-16H,6-7,10-13H2,1-2H3/t15-,16+,19+,20-/m1/s1. The molecule has 0 bridgehead atoms. The minimum Gasteiger partial charge on any atom is -0.296 e. The molecule has 1 amide bonds. The molecule has 3 aliphatic rings. The van der Waals surface area contributed by atoms with E-state index in [-0.39, 0.29) is 19.6 Å². The maximum absolute atomic E-state index is 15.5. The quantitative estimate of drug-likeness (QED) is 0.776. The average molecular weight is 361 g/mol. The molecule has 1 aromatic rings. The van der Waals surface area contributed by atoms with Gasteiger partial charge in [0.2, 0.25) is 5.67 Å².